The van der Waals surface area contributed by atoms with Crippen molar-refractivity contribution < 1.29 is 25.0 Å². The van der Waals surface area contributed by atoms with Crippen molar-refractivity contribution in [3.8, 4) is 11.5 Å². The van der Waals surface area contributed by atoms with Gasteiger partial charge < -0.3 is 10.2 Å². The Labute approximate surface area is 150 Å². The Hall–Kier alpha value is -4.28. The number of rotatable bonds is 3. The zero-order valence-electron chi connectivity index (χ0n) is 13.4. The van der Waals surface area contributed by atoms with E-state index in [1.54, 1.807) is 6.07 Å². The number of phenolic OH excluding ortho intramolecular Hbond substituents is 2. The lowest BCUT2D eigenvalue weighted by Gasteiger charge is -1.97. The highest BCUT2D eigenvalue weighted by molar-refractivity contribution is 5.87. The maximum absolute atomic E-state index is 10.4. The van der Waals surface area contributed by atoms with Gasteiger partial charge in [-0.15, -0.1) is 0 Å². The quantitative estimate of drug-likeness (QED) is 0.517. The van der Waals surface area contributed by atoms with Crippen LogP contribution in [0.15, 0.2) is 54.6 Å². The number of hydrogen-bond acceptors (Lipinski definition) is 8. The molecule has 0 heterocycles. The third-order valence-electron chi connectivity index (χ3n) is 3.43. The van der Waals surface area contributed by atoms with Crippen LogP contribution < -0.4 is 0 Å². The Morgan fingerprint density at radius 1 is 0.704 bits per heavy atom. The molecule has 0 aliphatic rings. The molecule has 138 valence electrons. The minimum atomic E-state index is -1.21. The van der Waals surface area contributed by atoms with Crippen LogP contribution in [0, 0.1) is 30.3 Å². The van der Waals surface area contributed by atoms with E-state index in [2.05, 4.69) is 0 Å². The van der Waals surface area contributed by atoms with Gasteiger partial charge in [0.05, 0.1) is 26.9 Å². The molecule has 0 spiro atoms. The van der Waals surface area contributed by atoms with Crippen molar-refractivity contribution in [2.45, 2.75) is 0 Å². The van der Waals surface area contributed by atoms with Crippen LogP contribution in [0.4, 0.5) is 17.1 Å². The normalized spacial score (nSPS) is 9.93. The number of hydrogen-bond donors (Lipinski definition) is 2. The predicted molar refractivity (Wildman–Crippen MR) is 93.7 cm³/mol. The summed E-state index contributed by atoms with van der Waals surface area (Å²) in [6.07, 6.45) is 0. The van der Waals surface area contributed by atoms with Crippen molar-refractivity contribution in [3.05, 3.63) is 84.9 Å². The molecule has 11 heteroatoms. The molecule has 0 radical (unpaired) electrons. The largest absolute Gasteiger partial charge is 0.507 e. The summed E-state index contributed by atoms with van der Waals surface area (Å²) in [7, 11) is 0. The van der Waals surface area contributed by atoms with Gasteiger partial charge in [-0.2, -0.15) is 0 Å². The summed E-state index contributed by atoms with van der Waals surface area (Å²) in [5.74, 6) is -0.858. The molecule has 27 heavy (non-hydrogen) atoms. The zero-order chi connectivity index (χ0) is 20.1. The molecule has 0 fully saturated rings. The van der Waals surface area contributed by atoms with Crippen LogP contribution in [0.3, 0.4) is 0 Å². The van der Waals surface area contributed by atoms with E-state index in [1.165, 1.54) is 0 Å². The van der Waals surface area contributed by atoms with Crippen LogP contribution in [0.25, 0.3) is 10.8 Å². The Morgan fingerprint density at radius 2 is 1.22 bits per heavy atom. The number of fused-ring (bicyclic) bond motifs is 1. The van der Waals surface area contributed by atoms with Gasteiger partial charge in [0, 0.05) is 5.39 Å². The fourth-order valence-electron chi connectivity index (χ4n) is 2.18. The first-order chi connectivity index (χ1) is 12.7. The Bertz CT molecular complexity index is 1010. The summed E-state index contributed by atoms with van der Waals surface area (Å²) in [6, 6.07) is 14.2. The lowest BCUT2D eigenvalue weighted by Crippen LogP contribution is -1.97. The lowest BCUT2D eigenvalue weighted by atomic mass is 10.1. The first-order valence-electron chi connectivity index (χ1n) is 7.19. The van der Waals surface area contributed by atoms with E-state index in [9.17, 15) is 35.4 Å². The fourth-order valence-corrected chi connectivity index (χ4v) is 2.18. The minimum absolute atomic E-state index is 0.350. The van der Waals surface area contributed by atoms with E-state index >= 15 is 0 Å². The van der Waals surface area contributed by atoms with E-state index < -0.39 is 37.6 Å². The highest BCUT2D eigenvalue weighted by Crippen LogP contribution is 2.38. The summed E-state index contributed by atoms with van der Waals surface area (Å²) >= 11 is 0. The second-order valence-corrected chi connectivity index (χ2v) is 5.10. The number of non-ortho nitro benzene ring substituents is 1. The highest BCUT2D eigenvalue weighted by Gasteiger charge is 2.30. The van der Waals surface area contributed by atoms with Gasteiger partial charge in [-0.25, -0.2) is 0 Å². The maximum atomic E-state index is 10.4. The average molecular weight is 373 g/mol. The summed E-state index contributed by atoms with van der Waals surface area (Å²) in [6.45, 7) is 0. The van der Waals surface area contributed by atoms with Crippen LogP contribution in [-0.4, -0.2) is 25.0 Å². The first-order valence-corrected chi connectivity index (χ1v) is 7.19. The third-order valence-corrected chi connectivity index (χ3v) is 3.43. The van der Waals surface area contributed by atoms with E-state index in [0.29, 0.717) is 17.9 Å². The molecule has 0 amide bonds. The molecule has 0 atom stereocenters. The molecular formula is C16H11N3O8. The van der Waals surface area contributed by atoms with Crippen molar-refractivity contribution >= 4 is 27.8 Å². The minimum Gasteiger partial charge on any atom is -0.507 e. The van der Waals surface area contributed by atoms with Gasteiger partial charge in [0.1, 0.15) is 5.75 Å². The van der Waals surface area contributed by atoms with Crippen LogP contribution >= 0.6 is 0 Å². The van der Waals surface area contributed by atoms with Gasteiger partial charge in [0.25, 0.3) is 11.4 Å². The molecule has 0 saturated heterocycles. The predicted octanol–water partition coefficient (Wildman–Crippen LogP) is 3.66. The smallest absolute Gasteiger partial charge is 0.324 e. The first kappa shape index (κ1) is 19.1. The van der Waals surface area contributed by atoms with Gasteiger partial charge >= 0.3 is 11.4 Å². The molecule has 0 aliphatic carbocycles. The summed E-state index contributed by atoms with van der Waals surface area (Å²) in [4.78, 5) is 27.8. The van der Waals surface area contributed by atoms with Crippen LogP contribution in [0.5, 0.6) is 11.5 Å². The Kier molecular flexibility index (Phi) is 5.46. The van der Waals surface area contributed by atoms with Crippen LogP contribution in [-0.2, 0) is 0 Å². The topological polar surface area (TPSA) is 170 Å². The fraction of sp³-hybridized carbons (Fsp3) is 0. The summed E-state index contributed by atoms with van der Waals surface area (Å²) in [5, 5.41) is 51.6. The molecule has 11 nitrogen and oxygen atoms in total. The molecule has 3 aromatic rings. The van der Waals surface area contributed by atoms with Crippen molar-refractivity contribution in [3.63, 3.8) is 0 Å². The van der Waals surface area contributed by atoms with Gasteiger partial charge in [0.2, 0.25) is 0 Å². The van der Waals surface area contributed by atoms with Gasteiger partial charge in [-0.05, 0) is 11.5 Å². The number of phenols is 2. The number of nitrogens with zero attached hydrogens (tertiary/aromatic N) is 3. The number of nitro groups is 3. The second-order valence-electron chi connectivity index (χ2n) is 5.10. The van der Waals surface area contributed by atoms with Crippen molar-refractivity contribution in [1.29, 1.82) is 0 Å². The highest BCUT2D eigenvalue weighted by atomic mass is 16.6. The van der Waals surface area contributed by atoms with Gasteiger partial charge in [0.15, 0.2) is 0 Å². The summed E-state index contributed by atoms with van der Waals surface area (Å²) in [5.41, 5.74) is -3.00. The van der Waals surface area contributed by atoms with E-state index in [4.69, 9.17) is 5.11 Å². The monoisotopic (exact) mass is 373 g/mol. The van der Waals surface area contributed by atoms with Gasteiger partial charge in [-0.1, -0.05) is 36.4 Å². The molecule has 2 N–H and O–H groups in total. The molecule has 0 bridgehead atoms. The maximum Gasteiger partial charge on any atom is 0.324 e. The van der Waals surface area contributed by atoms with Crippen molar-refractivity contribution in [2.75, 3.05) is 0 Å². The SMILES string of the molecule is O=[N+]([O-])c1cc([N+](=O)[O-])c(O)c([N+](=O)[O-])c1.Oc1cccc2ccccc12. The van der Waals surface area contributed by atoms with Crippen LogP contribution in [0.2, 0.25) is 0 Å². The van der Waals surface area contributed by atoms with E-state index in [-0.39, 0.29) is 0 Å². The van der Waals surface area contributed by atoms with Crippen LogP contribution in [0.1, 0.15) is 0 Å². The standard InChI is InChI=1S/C10H8O.C6H3N3O7/c11-10-7-3-5-8-4-1-2-6-9(8)10;10-6-4(8(13)14)1-3(7(11)12)2-5(6)9(15)16/h1-7,11H;1-2,10H. The Morgan fingerprint density at radius 3 is 1.70 bits per heavy atom. The molecular weight excluding hydrogens is 362 g/mol. The Balaban J connectivity index is 0.000000206. The zero-order valence-corrected chi connectivity index (χ0v) is 13.4. The summed E-state index contributed by atoms with van der Waals surface area (Å²) < 4.78 is 0. The van der Waals surface area contributed by atoms with Crippen molar-refractivity contribution in [2.24, 2.45) is 0 Å². The molecule has 0 saturated carbocycles. The van der Waals surface area contributed by atoms with Gasteiger partial charge in [-0.3, -0.25) is 30.3 Å². The van der Waals surface area contributed by atoms with Crippen molar-refractivity contribution in [1.82, 2.24) is 0 Å². The number of aromatic hydroxyl groups is 2. The molecule has 3 rings (SSSR count). The molecule has 0 aromatic heterocycles. The van der Waals surface area contributed by atoms with E-state index in [1.807, 2.05) is 36.4 Å². The molecule has 3 aromatic carbocycles. The molecule has 0 unspecified atom stereocenters. The average Bonchev–Trinajstić information content (AvgIpc) is 2.62. The van der Waals surface area contributed by atoms with E-state index in [0.717, 1.165) is 10.8 Å². The third kappa shape index (κ3) is 4.22. The number of nitro benzene ring substituents is 3. The lowest BCUT2D eigenvalue weighted by molar-refractivity contribution is -0.404. The second kappa shape index (κ2) is 7.74. The number of benzene rings is 3. The molecule has 0 aliphatic heterocycles.